The van der Waals surface area contributed by atoms with Gasteiger partial charge in [-0.05, 0) is 29.8 Å². The van der Waals surface area contributed by atoms with Crippen LogP contribution in [0.1, 0.15) is 183 Å². The van der Waals surface area contributed by atoms with Crippen molar-refractivity contribution < 1.29 is 4.74 Å². The van der Waals surface area contributed by atoms with Gasteiger partial charge in [0.25, 0.3) is 0 Å². The summed E-state index contributed by atoms with van der Waals surface area (Å²) >= 11 is 0. The molecule has 5 rings (SSSR count). The summed E-state index contributed by atoms with van der Waals surface area (Å²) in [5.41, 5.74) is 1.33. The van der Waals surface area contributed by atoms with Crippen LogP contribution in [-0.2, 0) is 6.54 Å². The van der Waals surface area contributed by atoms with Gasteiger partial charge < -0.3 is 4.74 Å². The lowest BCUT2D eigenvalue weighted by atomic mass is 10.2. The van der Waals surface area contributed by atoms with Crippen LogP contribution in [0, 0.1) is 0 Å². The molecule has 1 atom stereocenters. The zero-order valence-electron chi connectivity index (χ0n) is 49.7. The average Bonchev–Trinajstić information content (AvgIpc) is 3.47. The van der Waals surface area contributed by atoms with E-state index >= 15 is 0 Å². The van der Waals surface area contributed by atoms with Crippen molar-refractivity contribution in [1.82, 2.24) is 5.09 Å². The molecular formula is C68H108NOP2Si3+. The molecule has 0 amide bonds. The normalized spacial score (nSPS) is 13.1. The Morgan fingerprint density at radius 2 is 0.680 bits per heavy atom. The van der Waals surface area contributed by atoms with E-state index in [0.29, 0.717) is 0 Å². The number of unbranched alkanes of at least 4 members (excludes halogenated alkanes) is 9. The molecule has 0 bridgehead atoms. The van der Waals surface area contributed by atoms with E-state index in [1.54, 1.807) is 15.6 Å². The predicted octanol–water partition coefficient (Wildman–Crippen LogP) is 18.6. The molecular weight excluding hydrogens is 993 g/mol. The molecule has 0 aliphatic rings. The first kappa shape index (κ1) is 63.2. The van der Waals surface area contributed by atoms with Crippen LogP contribution in [0.5, 0.6) is 5.75 Å². The number of para-hydroxylation sites is 1. The van der Waals surface area contributed by atoms with Crippen molar-refractivity contribution in [2.75, 3.05) is 7.11 Å². The molecule has 5 aromatic rings. The molecule has 1 unspecified atom stereocenters. The van der Waals surface area contributed by atoms with Crippen LogP contribution in [0.2, 0.25) is 54.4 Å². The topological polar surface area (TPSA) is 21.3 Å². The number of hydrogen-bond donors (Lipinski definition) is 1. The first-order valence-corrected chi connectivity index (χ1v) is 42.8. The standard InChI is InChI=1S/C68H108NOP2Si3/c1-11-20-50-73(51-21-12-2,52-22-13-3)64-44-38-61(39-45-64)71(62-40-46-65(47-41-62)74(53-23-14-4,54-24-15-5)55-25-16-6)72(68-37-33-32-36-67(68)70-10,69-59-60-34-30-29-31-35-60)63-42-48-66(49-43-63)75(56-26-17-7,57-27-18-8)58-28-19-9/h29-49,69H,11-28,50-59H2,1-10H3/q+1. The second-order valence-corrected chi connectivity index (χ2v) is 44.0. The Balaban J connectivity index is 1.93. The first-order chi connectivity index (χ1) is 36.7. The number of nitrogens with one attached hydrogen (secondary N) is 1. The van der Waals surface area contributed by atoms with E-state index < -0.39 is 38.9 Å². The highest BCUT2D eigenvalue weighted by Crippen LogP contribution is 2.79. The number of hydrogen-bond acceptors (Lipinski definition) is 2. The third kappa shape index (κ3) is 16.7. The van der Waals surface area contributed by atoms with Crippen molar-refractivity contribution in [2.45, 2.75) is 239 Å². The van der Waals surface area contributed by atoms with Gasteiger partial charge in [0, 0.05) is 10.6 Å². The second-order valence-electron chi connectivity index (χ2n) is 22.9. The first-order valence-electron chi connectivity index (χ1n) is 31.1. The average molecular weight is 1100 g/mol. The van der Waals surface area contributed by atoms with Crippen molar-refractivity contribution in [3.05, 3.63) is 133 Å². The maximum atomic E-state index is 6.63. The van der Waals surface area contributed by atoms with E-state index in [2.05, 4.69) is 195 Å². The summed E-state index contributed by atoms with van der Waals surface area (Å²) in [6.07, 6.45) is 23.6. The van der Waals surface area contributed by atoms with Gasteiger partial charge in [-0.1, -0.05) is 351 Å². The summed E-state index contributed by atoms with van der Waals surface area (Å²) in [4.78, 5) is 0. The summed E-state index contributed by atoms with van der Waals surface area (Å²) in [6, 6.07) is 65.3. The van der Waals surface area contributed by atoms with Crippen LogP contribution in [0.3, 0.4) is 0 Å². The lowest BCUT2D eigenvalue weighted by Crippen LogP contribution is -2.48. The fourth-order valence-corrected chi connectivity index (χ4v) is 40.2. The Labute approximate surface area is 467 Å². The minimum Gasteiger partial charge on any atom is -0.493 e. The summed E-state index contributed by atoms with van der Waals surface area (Å²) in [6.45, 7) is 22.4. The van der Waals surface area contributed by atoms with Gasteiger partial charge in [-0.25, -0.2) is 0 Å². The van der Waals surface area contributed by atoms with E-state index in [4.69, 9.17) is 4.74 Å². The monoisotopic (exact) mass is 1100 g/mol. The summed E-state index contributed by atoms with van der Waals surface area (Å²) < 4.78 is 6.63. The lowest BCUT2D eigenvalue weighted by molar-refractivity contribution is 0.418. The van der Waals surface area contributed by atoms with Gasteiger partial charge in [-0.15, -0.1) is 0 Å². The Hall–Kier alpha value is -2.63. The SMILES string of the molecule is CCCC[Si](CCCC)(CCCC)c1ccc(P(c2ccc([Si](CCCC)(CCCC)CCCC)cc2)[P+](NCc2ccccc2)(c2ccc([Si](CCCC)(CCCC)CCCC)cc2)c2ccccc2OC)cc1. The molecule has 2 nitrogen and oxygen atoms in total. The Kier molecular flexibility index (Phi) is 28.4. The Morgan fingerprint density at radius 1 is 0.373 bits per heavy atom. The quantitative estimate of drug-likeness (QED) is 0.0313. The molecule has 0 aliphatic heterocycles. The summed E-state index contributed by atoms with van der Waals surface area (Å²) in [7, 11) is -6.98. The summed E-state index contributed by atoms with van der Waals surface area (Å²) in [5.74, 6) is 1.00. The van der Waals surface area contributed by atoms with Gasteiger partial charge >= 0.3 is 0 Å². The zero-order chi connectivity index (χ0) is 53.8. The number of methoxy groups -OCH3 is 1. The molecule has 0 saturated heterocycles. The van der Waals surface area contributed by atoms with Crippen LogP contribution in [-0.4, -0.2) is 31.3 Å². The molecule has 0 aliphatic carbocycles. The molecule has 5 aromatic carbocycles. The maximum Gasteiger partial charge on any atom is 0.177 e. The van der Waals surface area contributed by atoms with E-state index in [-0.39, 0.29) is 0 Å². The van der Waals surface area contributed by atoms with Crippen LogP contribution in [0.25, 0.3) is 0 Å². The zero-order valence-corrected chi connectivity index (χ0v) is 54.5. The molecule has 7 heteroatoms. The molecule has 1 N–H and O–H groups in total. The van der Waals surface area contributed by atoms with Crippen molar-refractivity contribution in [3.63, 3.8) is 0 Å². The number of ether oxygens (including phenoxy) is 1. The highest BCUT2D eigenvalue weighted by atomic mass is 32.1. The number of rotatable bonds is 39. The Morgan fingerprint density at radius 3 is 1.00 bits per heavy atom. The van der Waals surface area contributed by atoms with Gasteiger partial charge in [-0.3, -0.25) is 0 Å². The molecule has 75 heavy (non-hydrogen) atoms. The van der Waals surface area contributed by atoms with Crippen molar-refractivity contribution in [1.29, 1.82) is 0 Å². The fraction of sp³-hybridized carbons (Fsp3) is 0.559. The Bertz CT molecular complexity index is 2150. The molecule has 0 saturated carbocycles. The number of benzene rings is 5. The predicted molar refractivity (Wildman–Crippen MR) is 352 cm³/mol. The smallest absolute Gasteiger partial charge is 0.177 e. The van der Waals surface area contributed by atoms with Gasteiger partial charge in [0.05, 0.1) is 37.9 Å². The largest absolute Gasteiger partial charge is 0.493 e. The maximum absolute atomic E-state index is 6.63. The molecule has 0 heterocycles. The third-order valence-electron chi connectivity index (χ3n) is 17.5. The van der Waals surface area contributed by atoms with Crippen molar-refractivity contribution in [3.8, 4) is 5.75 Å². The van der Waals surface area contributed by atoms with Crippen LogP contribution >= 0.6 is 14.7 Å². The minimum absolute atomic E-state index is 0.785. The fourth-order valence-electron chi connectivity index (χ4n) is 12.8. The highest BCUT2D eigenvalue weighted by molar-refractivity contribution is 8.49. The molecule has 0 radical (unpaired) electrons. The van der Waals surface area contributed by atoms with Crippen molar-refractivity contribution >= 4 is 75.7 Å². The minimum atomic E-state index is -2.60. The molecule has 412 valence electrons. The van der Waals surface area contributed by atoms with E-state index in [0.717, 1.165) is 12.3 Å². The molecule has 0 fully saturated rings. The third-order valence-corrected chi connectivity index (χ3v) is 43.8. The van der Waals surface area contributed by atoms with Gasteiger partial charge in [-0.2, -0.15) is 5.09 Å². The van der Waals surface area contributed by atoms with Crippen LogP contribution < -0.4 is 46.6 Å². The van der Waals surface area contributed by atoms with E-state index in [1.165, 1.54) is 197 Å². The van der Waals surface area contributed by atoms with Crippen molar-refractivity contribution in [2.24, 2.45) is 0 Å². The van der Waals surface area contributed by atoms with E-state index in [9.17, 15) is 0 Å². The van der Waals surface area contributed by atoms with Crippen LogP contribution in [0.15, 0.2) is 127 Å². The van der Waals surface area contributed by atoms with Gasteiger partial charge in [0.1, 0.15) is 12.9 Å². The second kappa shape index (κ2) is 33.7. The molecule has 0 aromatic heterocycles. The van der Waals surface area contributed by atoms with Gasteiger partial charge in [0.2, 0.25) is 0 Å². The van der Waals surface area contributed by atoms with E-state index in [1.807, 2.05) is 7.11 Å². The highest BCUT2D eigenvalue weighted by Gasteiger charge is 2.55. The lowest BCUT2D eigenvalue weighted by Gasteiger charge is -2.37. The molecule has 0 spiro atoms. The van der Waals surface area contributed by atoms with Gasteiger partial charge in [0.15, 0.2) is 18.2 Å². The van der Waals surface area contributed by atoms with Crippen LogP contribution in [0.4, 0.5) is 0 Å². The summed E-state index contributed by atoms with van der Waals surface area (Å²) in [5, 5.41) is 15.6.